The number of carbonyl (C=O) groups excluding carboxylic acids is 1. The lowest BCUT2D eigenvalue weighted by Crippen LogP contribution is -2.34. The number of carbonyl (C=O) groups is 1. The Morgan fingerprint density at radius 1 is 1.19 bits per heavy atom. The lowest BCUT2D eigenvalue weighted by molar-refractivity contribution is -0.139. The van der Waals surface area contributed by atoms with Gasteiger partial charge in [-0.1, -0.05) is 68.8 Å². The van der Waals surface area contributed by atoms with Crippen LogP contribution < -0.4 is 5.32 Å². The Hall–Kier alpha value is -1.89. The van der Waals surface area contributed by atoms with Gasteiger partial charge in [0, 0.05) is 32.9 Å². The van der Waals surface area contributed by atoms with Gasteiger partial charge in [-0.15, -0.1) is 11.3 Å². The third kappa shape index (κ3) is 6.09. The quantitative estimate of drug-likeness (QED) is 0.303. The van der Waals surface area contributed by atoms with Crippen molar-refractivity contribution in [3.63, 3.8) is 0 Å². The van der Waals surface area contributed by atoms with E-state index < -0.39 is 6.04 Å². The van der Waals surface area contributed by atoms with Gasteiger partial charge in [0.15, 0.2) is 10.8 Å². The molecule has 0 fully saturated rings. The summed E-state index contributed by atoms with van der Waals surface area (Å²) >= 11 is 14.1. The van der Waals surface area contributed by atoms with Crippen molar-refractivity contribution in [3.05, 3.63) is 61.7 Å². The number of aromatic nitrogens is 1. The molecule has 2 heterocycles. The van der Waals surface area contributed by atoms with Gasteiger partial charge in [-0.25, -0.2) is 9.78 Å². The predicted molar refractivity (Wildman–Crippen MR) is 128 cm³/mol. The summed E-state index contributed by atoms with van der Waals surface area (Å²) in [7, 11) is 0. The molecule has 1 aromatic heterocycles. The number of unbranched alkanes of at least 4 members (excludes halogenated alkanes) is 3. The minimum Gasteiger partial charge on any atom is -0.462 e. The number of nitrogens with zero attached hydrogens (tertiary/aromatic N) is 2. The Labute approximate surface area is 197 Å². The molecule has 3 rings (SSSR count). The van der Waals surface area contributed by atoms with Gasteiger partial charge < -0.3 is 10.1 Å². The molecular weight excluding hydrogens is 453 g/mol. The van der Waals surface area contributed by atoms with Crippen molar-refractivity contribution < 1.29 is 9.53 Å². The van der Waals surface area contributed by atoms with Gasteiger partial charge in [0.25, 0.3) is 0 Å². The third-order valence-electron chi connectivity index (χ3n) is 4.97. The predicted octanol–water partition coefficient (Wildman–Crippen LogP) is 6.72. The number of hydrogen-bond donors (Lipinski definition) is 1. The molecular formula is C23H27Cl2N3O2S. The van der Waals surface area contributed by atoms with Gasteiger partial charge in [-0.3, -0.25) is 4.99 Å². The first-order valence-electron chi connectivity index (χ1n) is 10.6. The Balaban J connectivity index is 1.97. The second kappa shape index (κ2) is 11.7. The van der Waals surface area contributed by atoms with E-state index in [0.717, 1.165) is 42.8 Å². The van der Waals surface area contributed by atoms with Crippen LogP contribution in [-0.2, 0) is 9.53 Å². The summed E-state index contributed by atoms with van der Waals surface area (Å²) in [5.41, 5.74) is 2.02. The second-order valence-electron chi connectivity index (χ2n) is 7.35. The molecule has 31 heavy (non-hydrogen) atoms. The number of hydrogen-bond acceptors (Lipinski definition) is 6. The average Bonchev–Trinajstić information content (AvgIpc) is 3.28. The number of thiazole rings is 1. The minimum atomic E-state index is -0.588. The summed E-state index contributed by atoms with van der Waals surface area (Å²) in [6, 6.07) is 4.67. The van der Waals surface area contributed by atoms with E-state index in [1.54, 1.807) is 18.3 Å². The van der Waals surface area contributed by atoms with Crippen molar-refractivity contribution >= 4 is 46.3 Å². The number of benzene rings is 1. The number of allylic oxidation sites excluding steroid dienone is 1. The molecule has 1 aliphatic rings. The number of nitrogens with one attached hydrogen (secondary N) is 1. The summed E-state index contributed by atoms with van der Waals surface area (Å²) < 4.78 is 5.66. The van der Waals surface area contributed by atoms with Crippen molar-refractivity contribution in [3.8, 4) is 0 Å². The van der Waals surface area contributed by atoms with Crippen LogP contribution in [-0.4, -0.2) is 23.4 Å². The lowest BCUT2D eigenvalue weighted by atomic mass is 9.94. The topological polar surface area (TPSA) is 63.6 Å². The van der Waals surface area contributed by atoms with E-state index in [1.165, 1.54) is 11.3 Å². The average molecular weight is 480 g/mol. The number of ether oxygens (including phenoxy) is 1. The molecule has 0 amide bonds. The summed E-state index contributed by atoms with van der Waals surface area (Å²) in [5, 5.41) is 6.99. The second-order valence-corrected chi connectivity index (χ2v) is 9.09. The minimum absolute atomic E-state index is 0.356. The normalized spacial score (nSPS) is 16.1. The molecule has 1 aromatic carbocycles. The molecule has 1 atom stereocenters. The van der Waals surface area contributed by atoms with Crippen LogP contribution in [0.15, 0.2) is 46.0 Å². The fraction of sp³-hybridized carbons (Fsp3) is 0.435. The van der Waals surface area contributed by atoms with Crippen LogP contribution in [0.3, 0.4) is 0 Å². The van der Waals surface area contributed by atoms with E-state index in [0.29, 0.717) is 40.0 Å². The molecule has 0 saturated carbocycles. The van der Waals surface area contributed by atoms with Crippen molar-refractivity contribution in [1.82, 2.24) is 10.3 Å². The highest BCUT2D eigenvalue weighted by molar-refractivity contribution is 7.11. The number of aliphatic imine (C=N–C) groups is 1. The first kappa shape index (κ1) is 23.8. The van der Waals surface area contributed by atoms with E-state index in [9.17, 15) is 4.79 Å². The monoisotopic (exact) mass is 479 g/mol. The fourth-order valence-electron chi connectivity index (χ4n) is 3.45. The molecule has 0 bridgehead atoms. The highest BCUT2D eigenvalue weighted by Crippen LogP contribution is 2.38. The maximum Gasteiger partial charge on any atom is 0.338 e. The summed E-state index contributed by atoms with van der Waals surface area (Å²) in [5.74, 6) is 0.277. The Bertz CT molecular complexity index is 958. The van der Waals surface area contributed by atoms with Crippen LogP contribution in [0.25, 0.3) is 0 Å². The molecule has 0 aliphatic carbocycles. The molecule has 8 heteroatoms. The van der Waals surface area contributed by atoms with E-state index in [-0.39, 0.29) is 5.97 Å². The maximum atomic E-state index is 13.2. The van der Waals surface area contributed by atoms with Crippen LogP contribution in [0.5, 0.6) is 0 Å². The van der Waals surface area contributed by atoms with Crippen molar-refractivity contribution in [2.24, 2.45) is 4.99 Å². The van der Waals surface area contributed by atoms with E-state index in [2.05, 4.69) is 24.1 Å². The SMILES string of the molecule is CCCCCCOC(=O)C1=C(CCC)NC(c2nccs2)=NC1c1ccc(Cl)cc1Cl. The highest BCUT2D eigenvalue weighted by Gasteiger charge is 2.33. The Morgan fingerprint density at radius 3 is 2.71 bits per heavy atom. The van der Waals surface area contributed by atoms with Gasteiger partial charge in [-0.2, -0.15) is 0 Å². The lowest BCUT2D eigenvalue weighted by Gasteiger charge is -2.27. The van der Waals surface area contributed by atoms with E-state index >= 15 is 0 Å². The van der Waals surface area contributed by atoms with E-state index in [4.69, 9.17) is 32.9 Å². The van der Waals surface area contributed by atoms with Crippen molar-refractivity contribution in [2.75, 3.05) is 6.61 Å². The van der Waals surface area contributed by atoms with Crippen molar-refractivity contribution in [2.45, 2.75) is 58.4 Å². The molecule has 5 nitrogen and oxygen atoms in total. The zero-order chi connectivity index (χ0) is 22.2. The van der Waals surface area contributed by atoms with Gasteiger partial charge in [-0.05, 0) is 25.0 Å². The number of halogens is 2. The summed E-state index contributed by atoms with van der Waals surface area (Å²) in [6.45, 7) is 4.62. The molecule has 0 radical (unpaired) electrons. The summed E-state index contributed by atoms with van der Waals surface area (Å²) in [6.07, 6.45) is 7.44. The van der Waals surface area contributed by atoms with Crippen LogP contribution in [0, 0.1) is 0 Å². The molecule has 1 aliphatic heterocycles. The Kier molecular flexibility index (Phi) is 8.93. The highest BCUT2D eigenvalue weighted by atomic mass is 35.5. The first-order valence-corrected chi connectivity index (χ1v) is 12.3. The first-order chi connectivity index (χ1) is 15.0. The zero-order valence-electron chi connectivity index (χ0n) is 17.8. The smallest absolute Gasteiger partial charge is 0.338 e. The van der Waals surface area contributed by atoms with Gasteiger partial charge in [0.05, 0.1) is 12.2 Å². The zero-order valence-corrected chi connectivity index (χ0v) is 20.1. The number of amidine groups is 1. The van der Waals surface area contributed by atoms with E-state index in [1.807, 2.05) is 11.4 Å². The molecule has 1 unspecified atom stereocenters. The Morgan fingerprint density at radius 2 is 2.03 bits per heavy atom. The molecule has 166 valence electrons. The van der Waals surface area contributed by atoms with Crippen LogP contribution in [0.1, 0.15) is 69.0 Å². The van der Waals surface area contributed by atoms with Crippen molar-refractivity contribution in [1.29, 1.82) is 0 Å². The molecule has 0 saturated heterocycles. The molecule has 0 spiro atoms. The number of esters is 1. The summed E-state index contributed by atoms with van der Waals surface area (Å²) in [4.78, 5) is 22.4. The molecule has 1 N–H and O–H groups in total. The van der Waals surface area contributed by atoms with Gasteiger partial charge >= 0.3 is 5.97 Å². The molecule has 2 aromatic rings. The van der Waals surface area contributed by atoms with Gasteiger partial charge in [0.1, 0.15) is 6.04 Å². The standard InChI is InChI=1S/C23H27Cl2N3O2S/c1-3-5-6-7-12-30-23(29)19-18(8-4-2)27-21(22-26-11-13-31-22)28-20(19)16-10-9-15(24)14-17(16)25/h9-11,13-14,20H,3-8,12H2,1-2H3,(H,27,28). The van der Waals surface area contributed by atoms with Crippen LogP contribution >= 0.6 is 34.5 Å². The maximum absolute atomic E-state index is 13.2. The fourth-order valence-corrected chi connectivity index (χ4v) is 4.55. The van der Waals surface area contributed by atoms with Gasteiger partial charge in [0.2, 0.25) is 0 Å². The van der Waals surface area contributed by atoms with Crippen LogP contribution in [0.4, 0.5) is 0 Å². The largest absolute Gasteiger partial charge is 0.462 e. The number of rotatable bonds is 10. The van der Waals surface area contributed by atoms with Crippen LogP contribution in [0.2, 0.25) is 10.0 Å². The third-order valence-corrected chi connectivity index (χ3v) is 6.31.